The molecule has 1 saturated heterocycles. The SMILES string of the molecule is CCCc1c(NC)ncnc1N1CC(CO)OC(C)(C)C1. The van der Waals surface area contributed by atoms with E-state index in [9.17, 15) is 5.11 Å². The third kappa shape index (κ3) is 3.63. The summed E-state index contributed by atoms with van der Waals surface area (Å²) >= 11 is 0. The van der Waals surface area contributed by atoms with Crippen molar-refractivity contribution >= 4 is 11.6 Å². The third-order valence-corrected chi connectivity index (χ3v) is 3.64. The lowest BCUT2D eigenvalue weighted by atomic mass is 10.0. The van der Waals surface area contributed by atoms with E-state index in [1.807, 2.05) is 20.9 Å². The number of nitrogens with one attached hydrogen (secondary N) is 1. The molecule has 1 aliphatic heterocycles. The molecule has 1 aliphatic rings. The summed E-state index contributed by atoms with van der Waals surface area (Å²) in [5.41, 5.74) is 0.830. The van der Waals surface area contributed by atoms with Crippen molar-refractivity contribution < 1.29 is 9.84 Å². The Morgan fingerprint density at radius 1 is 1.48 bits per heavy atom. The van der Waals surface area contributed by atoms with Gasteiger partial charge < -0.3 is 20.1 Å². The molecule has 0 radical (unpaired) electrons. The maximum Gasteiger partial charge on any atom is 0.137 e. The highest BCUT2D eigenvalue weighted by Gasteiger charge is 2.34. The number of aromatic nitrogens is 2. The molecule has 1 atom stereocenters. The minimum Gasteiger partial charge on any atom is -0.394 e. The Kier molecular flexibility index (Phi) is 5.00. The number of aliphatic hydroxyl groups excluding tert-OH is 1. The molecule has 1 aromatic rings. The number of anilines is 2. The van der Waals surface area contributed by atoms with E-state index in [0.717, 1.165) is 36.6 Å². The molecule has 6 heteroatoms. The van der Waals surface area contributed by atoms with Crippen molar-refractivity contribution in [1.29, 1.82) is 0 Å². The lowest BCUT2D eigenvalue weighted by molar-refractivity contribution is -0.101. The summed E-state index contributed by atoms with van der Waals surface area (Å²) in [6, 6.07) is 0. The van der Waals surface area contributed by atoms with E-state index < -0.39 is 0 Å². The van der Waals surface area contributed by atoms with E-state index in [0.29, 0.717) is 6.54 Å². The number of aliphatic hydroxyl groups is 1. The number of hydrogen-bond acceptors (Lipinski definition) is 6. The van der Waals surface area contributed by atoms with Crippen molar-refractivity contribution in [2.45, 2.75) is 45.3 Å². The monoisotopic (exact) mass is 294 g/mol. The second-order valence-electron chi connectivity index (χ2n) is 6.09. The van der Waals surface area contributed by atoms with Gasteiger partial charge in [0.2, 0.25) is 0 Å². The molecule has 2 rings (SSSR count). The summed E-state index contributed by atoms with van der Waals surface area (Å²) < 4.78 is 5.88. The Hall–Kier alpha value is -1.40. The zero-order valence-corrected chi connectivity index (χ0v) is 13.4. The highest BCUT2D eigenvalue weighted by Crippen LogP contribution is 2.30. The first-order valence-electron chi connectivity index (χ1n) is 7.56. The number of rotatable bonds is 5. The van der Waals surface area contributed by atoms with Gasteiger partial charge in [0.15, 0.2) is 0 Å². The van der Waals surface area contributed by atoms with Gasteiger partial charge in [-0.1, -0.05) is 13.3 Å². The molecule has 2 N–H and O–H groups in total. The van der Waals surface area contributed by atoms with Crippen LogP contribution in [-0.4, -0.2) is 53.5 Å². The van der Waals surface area contributed by atoms with Crippen molar-refractivity contribution in [3.8, 4) is 0 Å². The van der Waals surface area contributed by atoms with Gasteiger partial charge in [0.25, 0.3) is 0 Å². The van der Waals surface area contributed by atoms with Crippen LogP contribution in [-0.2, 0) is 11.2 Å². The molecule has 0 aromatic carbocycles. The van der Waals surface area contributed by atoms with Crippen LogP contribution in [0.15, 0.2) is 6.33 Å². The smallest absolute Gasteiger partial charge is 0.137 e. The van der Waals surface area contributed by atoms with E-state index in [-0.39, 0.29) is 18.3 Å². The van der Waals surface area contributed by atoms with Crippen molar-refractivity contribution in [2.24, 2.45) is 0 Å². The lowest BCUT2D eigenvalue weighted by Gasteiger charge is -2.43. The van der Waals surface area contributed by atoms with Gasteiger partial charge in [-0.2, -0.15) is 0 Å². The average Bonchev–Trinajstić information content (AvgIpc) is 2.46. The predicted molar refractivity (Wildman–Crippen MR) is 83.8 cm³/mol. The van der Waals surface area contributed by atoms with E-state index in [1.54, 1.807) is 6.33 Å². The van der Waals surface area contributed by atoms with E-state index in [2.05, 4.69) is 27.1 Å². The molecule has 1 fully saturated rings. The molecule has 0 aliphatic carbocycles. The molecule has 6 nitrogen and oxygen atoms in total. The fraction of sp³-hybridized carbons (Fsp3) is 0.733. The highest BCUT2D eigenvalue weighted by atomic mass is 16.5. The quantitative estimate of drug-likeness (QED) is 0.856. The summed E-state index contributed by atoms with van der Waals surface area (Å²) in [5, 5.41) is 12.6. The van der Waals surface area contributed by atoms with Crippen LogP contribution in [0, 0.1) is 0 Å². The molecule has 1 unspecified atom stereocenters. The fourth-order valence-electron chi connectivity index (χ4n) is 2.92. The second-order valence-corrected chi connectivity index (χ2v) is 6.09. The zero-order valence-electron chi connectivity index (χ0n) is 13.4. The molecule has 0 saturated carbocycles. The predicted octanol–water partition coefficient (Wildman–Crippen LogP) is 1.45. The van der Waals surface area contributed by atoms with Gasteiger partial charge >= 0.3 is 0 Å². The highest BCUT2D eigenvalue weighted by molar-refractivity contribution is 5.59. The van der Waals surface area contributed by atoms with Crippen LogP contribution in [0.5, 0.6) is 0 Å². The molecule has 0 amide bonds. The average molecular weight is 294 g/mol. The van der Waals surface area contributed by atoms with E-state index in [4.69, 9.17) is 4.74 Å². The van der Waals surface area contributed by atoms with Crippen LogP contribution in [0.3, 0.4) is 0 Å². The standard InChI is InChI=1S/C15H26N4O2/c1-5-6-12-13(16-4)17-10-18-14(12)19-7-11(8-20)21-15(2,3)9-19/h10-11,20H,5-9H2,1-4H3,(H,16,17,18). The minimum absolute atomic E-state index is 0.0208. The Morgan fingerprint density at radius 2 is 2.24 bits per heavy atom. The summed E-state index contributed by atoms with van der Waals surface area (Å²) in [7, 11) is 1.88. The van der Waals surface area contributed by atoms with Crippen LogP contribution in [0.2, 0.25) is 0 Å². The zero-order chi connectivity index (χ0) is 15.5. The maximum atomic E-state index is 9.46. The minimum atomic E-state index is -0.306. The lowest BCUT2D eigenvalue weighted by Crippen LogP contribution is -2.54. The van der Waals surface area contributed by atoms with Crippen molar-refractivity contribution in [2.75, 3.05) is 37.0 Å². The number of hydrogen-bond donors (Lipinski definition) is 2. The van der Waals surface area contributed by atoms with E-state index >= 15 is 0 Å². The van der Waals surface area contributed by atoms with Crippen LogP contribution in [0.4, 0.5) is 11.6 Å². The van der Waals surface area contributed by atoms with Crippen molar-refractivity contribution in [3.05, 3.63) is 11.9 Å². The van der Waals surface area contributed by atoms with Gasteiger partial charge in [0.05, 0.1) is 18.3 Å². The van der Waals surface area contributed by atoms with Crippen molar-refractivity contribution in [1.82, 2.24) is 9.97 Å². The number of morpholine rings is 1. The first-order valence-corrected chi connectivity index (χ1v) is 7.56. The first-order chi connectivity index (χ1) is 10.0. The summed E-state index contributed by atoms with van der Waals surface area (Å²) in [6.07, 6.45) is 3.37. The summed E-state index contributed by atoms with van der Waals surface area (Å²) in [4.78, 5) is 11.0. The maximum absolute atomic E-state index is 9.46. The summed E-state index contributed by atoms with van der Waals surface area (Å²) in [5.74, 6) is 1.83. The van der Waals surface area contributed by atoms with Gasteiger partial charge in [-0.25, -0.2) is 9.97 Å². The molecule has 21 heavy (non-hydrogen) atoms. The van der Waals surface area contributed by atoms with Crippen LogP contribution >= 0.6 is 0 Å². The summed E-state index contributed by atoms with van der Waals surface area (Å²) in [6.45, 7) is 7.66. The normalized spacial score (nSPS) is 21.4. The van der Waals surface area contributed by atoms with Gasteiger partial charge in [0.1, 0.15) is 18.0 Å². The molecule has 0 spiro atoms. The van der Waals surface area contributed by atoms with E-state index in [1.165, 1.54) is 0 Å². The molecule has 1 aromatic heterocycles. The molecule has 2 heterocycles. The van der Waals surface area contributed by atoms with Crippen LogP contribution in [0.25, 0.3) is 0 Å². The molecule has 0 bridgehead atoms. The molecular formula is C15H26N4O2. The van der Waals surface area contributed by atoms with Crippen LogP contribution < -0.4 is 10.2 Å². The van der Waals surface area contributed by atoms with Crippen LogP contribution in [0.1, 0.15) is 32.8 Å². The van der Waals surface area contributed by atoms with Crippen molar-refractivity contribution in [3.63, 3.8) is 0 Å². The Labute approximate surface area is 126 Å². The largest absolute Gasteiger partial charge is 0.394 e. The first kappa shape index (κ1) is 16.0. The Balaban J connectivity index is 2.35. The van der Waals surface area contributed by atoms with Gasteiger partial charge in [-0.3, -0.25) is 0 Å². The van der Waals surface area contributed by atoms with Gasteiger partial charge in [-0.05, 0) is 20.3 Å². The second kappa shape index (κ2) is 6.58. The topological polar surface area (TPSA) is 70.5 Å². The van der Waals surface area contributed by atoms with Gasteiger partial charge in [-0.15, -0.1) is 0 Å². The third-order valence-electron chi connectivity index (χ3n) is 3.64. The van der Waals surface area contributed by atoms with Gasteiger partial charge in [0, 0.05) is 25.7 Å². The Bertz CT molecular complexity index is 479. The Morgan fingerprint density at radius 3 is 2.86 bits per heavy atom. The fourth-order valence-corrected chi connectivity index (χ4v) is 2.92. The molecule has 118 valence electrons. The number of nitrogens with zero attached hydrogens (tertiary/aromatic N) is 3. The number of ether oxygens (including phenoxy) is 1. The molecular weight excluding hydrogens is 268 g/mol.